The van der Waals surface area contributed by atoms with E-state index in [1.807, 2.05) is 4.90 Å². The van der Waals surface area contributed by atoms with Gasteiger partial charge in [-0.05, 0) is 71.4 Å². The number of allylic oxidation sites excluding steroid dienone is 1. The Kier molecular flexibility index (Phi) is 8.45. The average Bonchev–Trinajstić information content (AvgIpc) is 3.90. The Morgan fingerprint density at radius 1 is 1.12 bits per heavy atom. The van der Waals surface area contributed by atoms with Gasteiger partial charge >= 0.3 is 6.03 Å². The normalized spacial score (nSPS) is 21.9. The molecule has 0 bridgehead atoms. The predicted octanol–water partition coefficient (Wildman–Crippen LogP) is 4.90. The van der Waals surface area contributed by atoms with Crippen LogP contribution in [0.25, 0.3) is 0 Å². The number of carbonyl (C=O) groups is 1. The standard InChI is InChI=1S/C30H41N7O3S/c1-6-41(39,40)20(4)15-32-29(31-5)16-33-30(38)36-17-23(26-9-7-8-25(34-26)21-10-11-21)24(18-36)28-14-27(22-12-13-22)35-37(28)19(2)3/h7-9,14-15,19,21-24H,5-6,10-13,16-18H2,1-4H3,(H,33,38)/b20-15+,32-29?. The molecule has 2 unspecified atom stereocenters. The molecule has 3 aliphatic rings. The van der Waals surface area contributed by atoms with Crippen LogP contribution in [0.2, 0.25) is 0 Å². The first kappa shape index (κ1) is 29.2. The van der Waals surface area contributed by atoms with Crippen molar-refractivity contribution in [3.05, 3.63) is 58.1 Å². The van der Waals surface area contributed by atoms with Gasteiger partial charge in [0.05, 0.1) is 22.9 Å². The first-order valence-corrected chi connectivity index (χ1v) is 16.3. The van der Waals surface area contributed by atoms with Gasteiger partial charge in [0, 0.05) is 66.1 Å². The molecule has 41 heavy (non-hydrogen) atoms. The molecule has 0 radical (unpaired) electrons. The number of amides is 2. The molecule has 0 spiro atoms. The molecule has 2 amide bonds. The molecule has 2 aromatic rings. The van der Waals surface area contributed by atoms with Crippen LogP contribution < -0.4 is 5.32 Å². The van der Waals surface area contributed by atoms with Crippen LogP contribution in [0.5, 0.6) is 0 Å². The van der Waals surface area contributed by atoms with Gasteiger partial charge in [0.1, 0.15) is 5.84 Å². The van der Waals surface area contributed by atoms with Gasteiger partial charge in [0.15, 0.2) is 9.84 Å². The highest BCUT2D eigenvalue weighted by Gasteiger charge is 2.41. The summed E-state index contributed by atoms with van der Waals surface area (Å²) in [6.07, 6.45) is 6.00. The van der Waals surface area contributed by atoms with E-state index in [0.29, 0.717) is 24.9 Å². The van der Waals surface area contributed by atoms with Crippen molar-refractivity contribution in [1.29, 1.82) is 0 Å². The molecule has 5 rings (SSSR count). The van der Waals surface area contributed by atoms with E-state index in [-0.39, 0.29) is 46.9 Å². The van der Waals surface area contributed by atoms with Crippen LogP contribution in [-0.2, 0) is 9.84 Å². The van der Waals surface area contributed by atoms with Gasteiger partial charge in [-0.15, -0.1) is 0 Å². The predicted molar refractivity (Wildman–Crippen MR) is 161 cm³/mol. The number of aliphatic imine (C=N–C) groups is 2. The molecule has 2 saturated carbocycles. The maximum Gasteiger partial charge on any atom is 0.317 e. The van der Waals surface area contributed by atoms with Gasteiger partial charge in [-0.3, -0.25) is 9.67 Å². The van der Waals surface area contributed by atoms with Crippen LogP contribution in [0.1, 0.15) is 106 Å². The van der Waals surface area contributed by atoms with Crippen LogP contribution in [0.4, 0.5) is 4.79 Å². The Morgan fingerprint density at radius 3 is 2.41 bits per heavy atom. The number of hydrogen-bond donors (Lipinski definition) is 1. The Bertz CT molecular complexity index is 1470. The summed E-state index contributed by atoms with van der Waals surface area (Å²) in [4.78, 5) is 28.5. The van der Waals surface area contributed by atoms with Gasteiger partial charge in [0.25, 0.3) is 0 Å². The van der Waals surface area contributed by atoms with Gasteiger partial charge in [0.2, 0.25) is 0 Å². The minimum atomic E-state index is -3.34. The molecule has 2 aliphatic carbocycles. The van der Waals surface area contributed by atoms with Crippen molar-refractivity contribution in [2.24, 2.45) is 9.98 Å². The van der Waals surface area contributed by atoms with E-state index >= 15 is 0 Å². The molecular weight excluding hydrogens is 538 g/mol. The molecule has 1 saturated heterocycles. The summed E-state index contributed by atoms with van der Waals surface area (Å²) >= 11 is 0. The zero-order valence-corrected chi connectivity index (χ0v) is 25.3. The lowest BCUT2D eigenvalue weighted by molar-refractivity contribution is 0.209. The lowest BCUT2D eigenvalue weighted by atomic mass is 9.89. The van der Waals surface area contributed by atoms with E-state index in [9.17, 15) is 13.2 Å². The number of pyridine rings is 1. The summed E-state index contributed by atoms with van der Waals surface area (Å²) in [5, 5.41) is 7.90. The largest absolute Gasteiger partial charge is 0.331 e. The van der Waals surface area contributed by atoms with E-state index in [0.717, 1.165) is 22.8 Å². The second-order valence-electron chi connectivity index (χ2n) is 11.7. The van der Waals surface area contributed by atoms with Crippen LogP contribution in [-0.4, -0.2) is 72.1 Å². The first-order valence-electron chi connectivity index (χ1n) is 14.6. The van der Waals surface area contributed by atoms with Crippen LogP contribution in [0.3, 0.4) is 0 Å². The molecule has 220 valence electrons. The zero-order chi connectivity index (χ0) is 29.3. The van der Waals surface area contributed by atoms with Crippen molar-refractivity contribution in [2.75, 3.05) is 25.4 Å². The number of urea groups is 1. The number of amidine groups is 1. The number of sulfone groups is 1. The third kappa shape index (κ3) is 6.60. The number of nitrogens with zero attached hydrogens (tertiary/aromatic N) is 6. The van der Waals surface area contributed by atoms with Gasteiger partial charge in [-0.2, -0.15) is 5.10 Å². The molecule has 1 aliphatic heterocycles. The molecule has 1 N–H and O–H groups in total. The lowest BCUT2D eigenvalue weighted by Crippen LogP contribution is -2.40. The fraction of sp³-hybridized carbons (Fsp3) is 0.567. The quantitative estimate of drug-likeness (QED) is 0.317. The lowest BCUT2D eigenvalue weighted by Gasteiger charge is -2.21. The molecule has 11 heteroatoms. The molecule has 2 atom stereocenters. The van der Waals surface area contributed by atoms with Crippen molar-refractivity contribution in [1.82, 2.24) is 25.0 Å². The molecule has 3 fully saturated rings. The Hall–Kier alpha value is -3.34. The average molecular weight is 580 g/mol. The number of hydrogen-bond acceptors (Lipinski definition) is 6. The number of aromatic nitrogens is 3. The number of carbonyl (C=O) groups excluding carboxylic acids is 1. The summed E-state index contributed by atoms with van der Waals surface area (Å²) in [6.45, 7) is 12.0. The van der Waals surface area contributed by atoms with Crippen LogP contribution >= 0.6 is 0 Å². The Morgan fingerprint density at radius 2 is 1.78 bits per heavy atom. The first-order chi connectivity index (χ1) is 19.6. The summed E-state index contributed by atoms with van der Waals surface area (Å²) in [6, 6.07) is 8.54. The van der Waals surface area contributed by atoms with E-state index in [2.05, 4.69) is 64.8 Å². The third-order valence-electron chi connectivity index (χ3n) is 8.27. The topological polar surface area (TPSA) is 122 Å². The maximum atomic E-state index is 13.4. The highest BCUT2D eigenvalue weighted by atomic mass is 32.2. The number of nitrogens with one attached hydrogen (secondary N) is 1. The van der Waals surface area contributed by atoms with Gasteiger partial charge in [-0.25, -0.2) is 23.2 Å². The molecule has 2 aromatic heterocycles. The summed E-state index contributed by atoms with van der Waals surface area (Å²) in [5.74, 6) is 1.41. The second kappa shape index (κ2) is 11.9. The number of rotatable bonds is 10. The minimum absolute atomic E-state index is 0.00792. The molecule has 0 aromatic carbocycles. The summed E-state index contributed by atoms with van der Waals surface area (Å²) in [7, 11) is -3.34. The third-order valence-corrected chi connectivity index (χ3v) is 10.1. The van der Waals surface area contributed by atoms with E-state index in [1.165, 1.54) is 38.8 Å². The van der Waals surface area contributed by atoms with Crippen LogP contribution in [0, 0.1) is 0 Å². The fourth-order valence-corrected chi connectivity index (χ4v) is 6.10. The summed E-state index contributed by atoms with van der Waals surface area (Å²) in [5.41, 5.74) is 4.48. The van der Waals surface area contributed by atoms with Gasteiger partial charge in [-0.1, -0.05) is 13.0 Å². The molecule has 3 heterocycles. The minimum Gasteiger partial charge on any atom is -0.331 e. The maximum absolute atomic E-state index is 13.4. The highest BCUT2D eigenvalue weighted by molar-refractivity contribution is 7.95. The smallest absolute Gasteiger partial charge is 0.317 e. The van der Waals surface area contributed by atoms with Crippen molar-refractivity contribution >= 4 is 28.4 Å². The molecular formula is C30H41N7O3S. The monoisotopic (exact) mass is 579 g/mol. The second-order valence-corrected chi connectivity index (χ2v) is 14.1. The van der Waals surface area contributed by atoms with Crippen molar-refractivity contribution in [3.63, 3.8) is 0 Å². The molecule has 10 nitrogen and oxygen atoms in total. The van der Waals surface area contributed by atoms with E-state index in [4.69, 9.17) is 10.1 Å². The van der Waals surface area contributed by atoms with Crippen LogP contribution in [0.15, 0.2) is 45.4 Å². The fourth-order valence-electron chi connectivity index (χ4n) is 5.43. The van der Waals surface area contributed by atoms with E-state index in [1.54, 1.807) is 6.92 Å². The Balaban J connectivity index is 1.38. The van der Waals surface area contributed by atoms with Crippen molar-refractivity contribution in [3.8, 4) is 0 Å². The number of likely N-dealkylation sites (tertiary alicyclic amines) is 1. The SMILES string of the molecule is C=NC(CNC(=O)N1CC(c2cccc(C3CC3)n2)C(c2cc(C3CC3)nn2C(C)C)C1)=N/C=C(\C)S(=O)(=O)CC. The van der Waals surface area contributed by atoms with Crippen molar-refractivity contribution in [2.45, 2.75) is 83.1 Å². The highest BCUT2D eigenvalue weighted by Crippen LogP contribution is 2.45. The zero-order valence-electron chi connectivity index (χ0n) is 24.5. The van der Waals surface area contributed by atoms with Crippen molar-refractivity contribution < 1.29 is 13.2 Å². The summed E-state index contributed by atoms with van der Waals surface area (Å²) < 4.78 is 26.2. The van der Waals surface area contributed by atoms with Gasteiger partial charge < -0.3 is 10.2 Å². The Labute approximate surface area is 243 Å². The van der Waals surface area contributed by atoms with E-state index < -0.39 is 9.84 Å².